The molecule has 0 aliphatic carbocycles. The topological polar surface area (TPSA) is 74.6 Å². The summed E-state index contributed by atoms with van der Waals surface area (Å²) in [5.41, 5.74) is -0.167. The van der Waals surface area contributed by atoms with Crippen LogP contribution >= 0.6 is 0 Å². The zero-order valence-corrected chi connectivity index (χ0v) is 10.1. The van der Waals surface area contributed by atoms with Crippen molar-refractivity contribution < 1.29 is 19.8 Å². The van der Waals surface area contributed by atoms with Gasteiger partial charge in [-0.05, 0) is 25.0 Å². The first-order chi connectivity index (χ1) is 7.81. The molecule has 17 heavy (non-hydrogen) atoms. The second-order valence-corrected chi connectivity index (χ2v) is 4.39. The third-order valence-corrected chi connectivity index (χ3v) is 3.41. The van der Waals surface area contributed by atoms with Crippen molar-refractivity contribution in [1.29, 1.82) is 0 Å². The molecule has 2 N–H and O–H groups in total. The maximum atomic E-state index is 11.2. The van der Waals surface area contributed by atoms with Crippen molar-refractivity contribution in [3.8, 4) is 0 Å². The van der Waals surface area contributed by atoms with Gasteiger partial charge in [0, 0.05) is 5.92 Å². The lowest BCUT2D eigenvalue weighted by molar-refractivity contribution is -0.164. The molecule has 0 fully saturated rings. The summed E-state index contributed by atoms with van der Waals surface area (Å²) in [6, 6.07) is 7.23. The van der Waals surface area contributed by atoms with E-state index >= 15 is 0 Å². The highest BCUT2D eigenvalue weighted by atomic mass is 16.4. The van der Waals surface area contributed by atoms with Crippen molar-refractivity contribution in [3.05, 3.63) is 35.4 Å². The monoisotopic (exact) mass is 236 g/mol. The van der Waals surface area contributed by atoms with Crippen LogP contribution in [0.4, 0.5) is 0 Å². The lowest BCUT2D eigenvalue weighted by Crippen LogP contribution is -2.41. The zero-order valence-electron chi connectivity index (χ0n) is 10.1. The summed E-state index contributed by atoms with van der Waals surface area (Å²) in [7, 11) is 0. The minimum atomic E-state index is -1.81. The van der Waals surface area contributed by atoms with Crippen LogP contribution in [0.3, 0.4) is 0 Å². The zero-order chi connectivity index (χ0) is 13.2. The van der Waals surface area contributed by atoms with E-state index in [0.717, 1.165) is 11.1 Å². The summed E-state index contributed by atoms with van der Waals surface area (Å²) < 4.78 is 0. The number of aryl methyl sites for hydroxylation is 1. The molecule has 1 aromatic carbocycles. The van der Waals surface area contributed by atoms with Gasteiger partial charge in [-0.25, -0.2) is 0 Å². The van der Waals surface area contributed by atoms with Crippen molar-refractivity contribution in [3.63, 3.8) is 0 Å². The van der Waals surface area contributed by atoms with Crippen LogP contribution in [0.15, 0.2) is 24.3 Å². The summed E-state index contributed by atoms with van der Waals surface area (Å²) in [6.07, 6.45) is 0. The molecule has 0 aliphatic heterocycles. The molecule has 0 saturated heterocycles. The number of hydrogen-bond acceptors (Lipinski definition) is 2. The van der Waals surface area contributed by atoms with Gasteiger partial charge in [-0.15, -0.1) is 0 Å². The average molecular weight is 236 g/mol. The Morgan fingerprint density at radius 3 is 2.06 bits per heavy atom. The Balaban J connectivity index is 3.28. The molecule has 92 valence electrons. The largest absolute Gasteiger partial charge is 0.480 e. The molecule has 0 saturated carbocycles. The van der Waals surface area contributed by atoms with Gasteiger partial charge >= 0.3 is 11.9 Å². The molecule has 1 rings (SSSR count). The van der Waals surface area contributed by atoms with E-state index in [9.17, 15) is 9.59 Å². The highest BCUT2D eigenvalue weighted by Crippen LogP contribution is 2.37. The summed E-state index contributed by atoms with van der Waals surface area (Å²) >= 11 is 0. The molecule has 1 unspecified atom stereocenters. The number of carbonyl (C=O) groups is 2. The molecule has 1 aromatic rings. The first-order valence-electron chi connectivity index (χ1n) is 5.34. The number of carboxylic acid groups (broad SMARTS) is 2. The second-order valence-electron chi connectivity index (χ2n) is 4.39. The first-order valence-corrected chi connectivity index (χ1v) is 5.34. The van der Waals surface area contributed by atoms with Gasteiger partial charge in [0.15, 0.2) is 5.41 Å². The summed E-state index contributed by atoms with van der Waals surface area (Å²) in [6.45, 7) is 4.72. The average Bonchev–Trinajstić information content (AvgIpc) is 2.27. The Hall–Kier alpha value is -1.84. The molecule has 0 radical (unpaired) electrons. The lowest BCUT2D eigenvalue weighted by Gasteiger charge is -2.28. The van der Waals surface area contributed by atoms with Crippen molar-refractivity contribution >= 4 is 11.9 Å². The molecule has 0 bridgehead atoms. The molecule has 1 atom stereocenters. The third kappa shape index (κ3) is 2.16. The number of hydrogen-bond donors (Lipinski definition) is 2. The number of rotatable bonds is 4. The van der Waals surface area contributed by atoms with Crippen molar-refractivity contribution in [2.24, 2.45) is 5.41 Å². The van der Waals surface area contributed by atoms with E-state index in [1.165, 1.54) is 6.92 Å². The fraction of sp³-hybridized carbons (Fsp3) is 0.385. The van der Waals surface area contributed by atoms with E-state index in [0.29, 0.717) is 0 Å². The molecule has 0 amide bonds. The highest BCUT2D eigenvalue weighted by Gasteiger charge is 2.47. The molecule has 0 aromatic heterocycles. The van der Waals surface area contributed by atoms with Gasteiger partial charge in [-0.2, -0.15) is 0 Å². The molecular weight excluding hydrogens is 220 g/mol. The maximum Gasteiger partial charge on any atom is 0.321 e. The summed E-state index contributed by atoms with van der Waals surface area (Å²) in [5, 5.41) is 18.3. The van der Waals surface area contributed by atoms with Gasteiger partial charge in [0.25, 0.3) is 0 Å². The van der Waals surface area contributed by atoms with E-state index in [2.05, 4.69) is 0 Å². The van der Waals surface area contributed by atoms with Crippen LogP contribution in [0, 0.1) is 12.3 Å². The quantitative estimate of drug-likeness (QED) is 0.786. The molecule has 4 nitrogen and oxygen atoms in total. The number of benzene rings is 1. The Morgan fingerprint density at radius 2 is 1.65 bits per heavy atom. The smallest absolute Gasteiger partial charge is 0.321 e. The number of aliphatic carboxylic acids is 2. The van der Waals surface area contributed by atoms with Gasteiger partial charge < -0.3 is 10.2 Å². The lowest BCUT2D eigenvalue weighted by atomic mass is 9.73. The standard InChI is InChI=1S/C13H16O4/c1-8-6-4-5-7-10(8)9(2)13(3,11(14)15)12(16)17/h4-7,9H,1-3H3,(H,14,15)(H,16,17). The SMILES string of the molecule is Cc1ccccc1C(C)C(C)(C(=O)O)C(=O)O. The van der Waals surface area contributed by atoms with Crippen LogP contribution in [0.5, 0.6) is 0 Å². The normalized spacial score (nSPS) is 13.1. The first kappa shape index (κ1) is 13.2. The van der Waals surface area contributed by atoms with Gasteiger partial charge in [-0.3, -0.25) is 9.59 Å². The molecule has 0 heterocycles. The van der Waals surface area contributed by atoms with Crippen LogP contribution in [-0.2, 0) is 9.59 Å². The van der Waals surface area contributed by atoms with E-state index in [1.54, 1.807) is 19.1 Å². The van der Waals surface area contributed by atoms with Crippen LogP contribution in [0.1, 0.15) is 30.9 Å². The second kappa shape index (κ2) is 4.57. The van der Waals surface area contributed by atoms with Crippen molar-refractivity contribution in [1.82, 2.24) is 0 Å². The Morgan fingerprint density at radius 1 is 1.18 bits per heavy atom. The Bertz CT molecular complexity index is 436. The van der Waals surface area contributed by atoms with Crippen LogP contribution in [0.2, 0.25) is 0 Å². The fourth-order valence-corrected chi connectivity index (χ4v) is 1.85. The van der Waals surface area contributed by atoms with E-state index < -0.39 is 23.3 Å². The van der Waals surface area contributed by atoms with E-state index in [1.807, 2.05) is 19.1 Å². The predicted octanol–water partition coefficient (Wildman–Crippen LogP) is 2.27. The Kier molecular flexibility index (Phi) is 3.56. The molecule has 0 spiro atoms. The van der Waals surface area contributed by atoms with Crippen LogP contribution < -0.4 is 0 Å². The molecule has 4 heteroatoms. The minimum Gasteiger partial charge on any atom is -0.480 e. The van der Waals surface area contributed by atoms with Gasteiger partial charge in [0.05, 0.1) is 0 Å². The number of carboxylic acids is 2. The van der Waals surface area contributed by atoms with Gasteiger partial charge in [-0.1, -0.05) is 31.2 Å². The van der Waals surface area contributed by atoms with Crippen molar-refractivity contribution in [2.75, 3.05) is 0 Å². The summed E-state index contributed by atoms with van der Waals surface area (Å²) in [5.74, 6) is -3.24. The van der Waals surface area contributed by atoms with Gasteiger partial charge in [0.1, 0.15) is 0 Å². The van der Waals surface area contributed by atoms with E-state index in [-0.39, 0.29) is 0 Å². The molecule has 0 aliphatic rings. The van der Waals surface area contributed by atoms with Crippen LogP contribution in [0.25, 0.3) is 0 Å². The Labute approximate surface area is 99.9 Å². The maximum absolute atomic E-state index is 11.2. The molecular formula is C13H16O4. The van der Waals surface area contributed by atoms with Gasteiger partial charge in [0.2, 0.25) is 0 Å². The fourth-order valence-electron chi connectivity index (χ4n) is 1.85. The van der Waals surface area contributed by atoms with E-state index in [4.69, 9.17) is 10.2 Å². The third-order valence-electron chi connectivity index (χ3n) is 3.41. The van der Waals surface area contributed by atoms with Crippen molar-refractivity contribution in [2.45, 2.75) is 26.7 Å². The highest BCUT2D eigenvalue weighted by molar-refractivity contribution is 5.98. The minimum absolute atomic E-state index is 0.598. The van der Waals surface area contributed by atoms with Crippen LogP contribution in [-0.4, -0.2) is 22.2 Å². The predicted molar refractivity (Wildman–Crippen MR) is 63.0 cm³/mol. The summed E-state index contributed by atoms with van der Waals surface area (Å²) in [4.78, 5) is 22.4.